The molecule has 5 heteroatoms. The van der Waals surface area contributed by atoms with Crippen LogP contribution < -0.4 is 0 Å². The summed E-state index contributed by atoms with van der Waals surface area (Å²) < 4.78 is 10.4. The van der Waals surface area contributed by atoms with Crippen LogP contribution in [0.4, 0.5) is 0 Å². The molecule has 0 N–H and O–H groups in total. The van der Waals surface area contributed by atoms with E-state index in [9.17, 15) is 4.79 Å². The number of carbonyl (C=O) groups excluding carboxylic acids is 1. The van der Waals surface area contributed by atoms with Crippen LogP contribution in [0.2, 0.25) is 0 Å². The molecule has 5 nitrogen and oxygen atoms in total. The van der Waals surface area contributed by atoms with Gasteiger partial charge in [-0.05, 0) is 20.3 Å². The first-order valence-corrected chi connectivity index (χ1v) is 5.10. The SMILES string of the molecule is CCOC(CC)c1noc(CC(C)=O)n1. The molecule has 0 aliphatic carbocycles. The van der Waals surface area contributed by atoms with Gasteiger partial charge in [0.25, 0.3) is 0 Å². The fourth-order valence-corrected chi connectivity index (χ4v) is 1.26. The van der Waals surface area contributed by atoms with Crippen molar-refractivity contribution in [3.05, 3.63) is 11.7 Å². The highest BCUT2D eigenvalue weighted by atomic mass is 16.5. The molecule has 0 saturated heterocycles. The molecule has 1 atom stereocenters. The van der Waals surface area contributed by atoms with Crippen molar-refractivity contribution in [1.82, 2.24) is 10.1 Å². The minimum Gasteiger partial charge on any atom is -0.370 e. The van der Waals surface area contributed by atoms with Gasteiger partial charge in [0.2, 0.25) is 11.7 Å². The molecule has 1 heterocycles. The second-order valence-electron chi connectivity index (χ2n) is 3.28. The number of hydrogen-bond donors (Lipinski definition) is 0. The highest BCUT2D eigenvalue weighted by Gasteiger charge is 2.17. The Morgan fingerprint density at radius 3 is 2.80 bits per heavy atom. The van der Waals surface area contributed by atoms with Crippen LogP contribution in [-0.4, -0.2) is 22.5 Å². The molecule has 0 saturated carbocycles. The van der Waals surface area contributed by atoms with Crippen molar-refractivity contribution in [2.75, 3.05) is 6.61 Å². The third-order valence-corrected chi connectivity index (χ3v) is 1.91. The first kappa shape index (κ1) is 11.8. The summed E-state index contributed by atoms with van der Waals surface area (Å²) in [6.45, 7) is 6.00. The van der Waals surface area contributed by atoms with E-state index in [2.05, 4.69) is 10.1 Å². The number of Topliss-reactive ketones (excluding diaryl/α,β-unsaturated/α-hetero) is 1. The highest BCUT2D eigenvalue weighted by Crippen LogP contribution is 2.17. The van der Waals surface area contributed by atoms with Gasteiger partial charge < -0.3 is 9.26 Å². The van der Waals surface area contributed by atoms with Gasteiger partial charge in [-0.1, -0.05) is 12.1 Å². The summed E-state index contributed by atoms with van der Waals surface area (Å²) in [5, 5.41) is 3.80. The van der Waals surface area contributed by atoms with Crippen molar-refractivity contribution in [3.8, 4) is 0 Å². The number of aromatic nitrogens is 2. The van der Waals surface area contributed by atoms with E-state index in [-0.39, 0.29) is 18.3 Å². The van der Waals surface area contributed by atoms with Gasteiger partial charge in [0.1, 0.15) is 11.9 Å². The Labute approximate surface area is 88.8 Å². The van der Waals surface area contributed by atoms with Crippen LogP contribution >= 0.6 is 0 Å². The highest BCUT2D eigenvalue weighted by molar-refractivity contribution is 5.77. The van der Waals surface area contributed by atoms with Gasteiger partial charge >= 0.3 is 0 Å². The molecule has 1 aromatic heterocycles. The molecule has 84 valence electrons. The van der Waals surface area contributed by atoms with Crippen LogP contribution in [0.15, 0.2) is 4.52 Å². The summed E-state index contributed by atoms with van der Waals surface area (Å²) in [5.41, 5.74) is 0. The standard InChI is InChI=1S/C10H16N2O3/c1-4-8(14-5-2)10-11-9(15-12-10)6-7(3)13/h8H,4-6H2,1-3H3. The molecule has 0 bridgehead atoms. The monoisotopic (exact) mass is 212 g/mol. The molecule has 0 aromatic carbocycles. The average Bonchev–Trinajstić information content (AvgIpc) is 2.61. The van der Waals surface area contributed by atoms with Crippen molar-refractivity contribution in [2.45, 2.75) is 39.7 Å². The molecule has 0 aliphatic heterocycles. The topological polar surface area (TPSA) is 65.2 Å². The van der Waals surface area contributed by atoms with Crippen LogP contribution in [0.5, 0.6) is 0 Å². The van der Waals surface area contributed by atoms with Crippen LogP contribution in [0.1, 0.15) is 45.0 Å². The van der Waals surface area contributed by atoms with Crippen molar-refractivity contribution >= 4 is 5.78 Å². The minimum absolute atomic E-state index is 0.00894. The van der Waals surface area contributed by atoms with Gasteiger partial charge in [0.05, 0.1) is 6.42 Å². The third kappa shape index (κ3) is 3.43. The number of nitrogens with zero attached hydrogens (tertiary/aromatic N) is 2. The van der Waals surface area contributed by atoms with E-state index in [1.54, 1.807) is 0 Å². The molecule has 0 amide bonds. The summed E-state index contributed by atoms with van der Waals surface area (Å²) in [6.07, 6.45) is 0.835. The molecule has 1 aromatic rings. The Morgan fingerprint density at radius 1 is 1.53 bits per heavy atom. The van der Waals surface area contributed by atoms with Gasteiger partial charge in [-0.15, -0.1) is 0 Å². The molecule has 0 spiro atoms. The smallest absolute Gasteiger partial charge is 0.234 e. The zero-order valence-electron chi connectivity index (χ0n) is 9.32. The second kappa shape index (κ2) is 5.60. The van der Waals surface area contributed by atoms with Crippen molar-refractivity contribution in [3.63, 3.8) is 0 Å². The summed E-state index contributed by atoms with van der Waals surface area (Å²) in [7, 11) is 0. The van der Waals surface area contributed by atoms with E-state index in [1.165, 1.54) is 6.92 Å². The largest absolute Gasteiger partial charge is 0.370 e. The number of ether oxygens (including phenoxy) is 1. The lowest BCUT2D eigenvalue weighted by atomic mass is 10.2. The minimum atomic E-state index is -0.139. The fourth-order valence-electron chi connectivity index (χ4n) is 1.26. The maximum Gasteiger partial charge on any atom is 0.234 e. The lowest BCUT2D eigenvalue weighted by Gasteiger charge is -2.09. The Hall–Kier alpha value is -1.23. The first-order chi connectivity index (χ1) is 7.17. The Balaban J connectivity index is 2.68. The first-order valence-electron chi connectivity index (χ1n) is 5.10. The molecule has 0 aliphatic rings. The number of rotatable bonds is 6. The second-order valence-corrected chi connectivity index (χ2v) is 3.28. The summed E-state index contributed by atoms with van der Waals surface area (Å²) in [5.74, 6) is 0.890. The Morgan fingerprint density at radius 2 is 2.27 bits per heavy atom. The van der Waals surface area contributed by atoms with E-state index >= 15 is 0 Å². The number of carbonyl (C=O) groups is 1. The zero-order valence-corrected chi connectivity index (χ0v) is 9.32. The third-order valence-electron chi connectivity index (χ3n) is 1.91. The predicted molar refractivity (Wildman–Crippen MR) is 53.3 cm³/mol. The lowest BCUT2D eigenvalue weighted by molar-refractivity contribution is -0.116. The number of ketones is 1. The van der Waals surface area contributed by atoms with Crippen molar-refractivity contribution in [1.29, 1.82) is 0 Å². The summed E-state index contributed by atoms with van der Waals surface area (Å²) in [4.78, 5) is 14.9. The van der Waals surface area contributed by atoms with Gasteiger partial charge in [-0.25, -0.2) is 0 Å². The van der Waals surface area contributed by atoms with Crippen molar-refractivity contribution in [2.24, 2.45) is 0 Å². The van der Waals surface area contributed by atoms with E-state index in [1.807, 2.05) is 13.8 Å². The van der Waals surface area contributed by atoms with E-state index in [4.69, 9.17) is 9.26 Å². The van der Waals surface area contributed by atoms with E-state index < -0.39 is 0 Å². The van der Waals surface area contributed by atoms with Crippen LogP contribution in [0, 0.1) is 0 Å². The zero-order chi connectivity index (χ0) is 11.3. The maximum absolute atomic E-state index is 10.8. The van der Waals surface area contributed by atoms with E-state index in [0.29, 0.717) is 18.3 Å². The predicted octanol–water partition coefficient (Wildman–Crippen LogP) is 1.69. The van der Waals surface area contributed by atoms with Crippen LogP contribution in [-0.2, 0) is 16.0 Å². The molecule has 1 unspecified atom stereocenters. The van der Waals surface area contributed by atoms with Crippen LogP contribution in [0.25, 0.3) is 0 Å². The quantitative estimate of drug-likeness (QED) is 0.717. The Bertz CT molecular complexity index is 322. The molecular formula is C10H16N2O3. The summed E-state index contributed by atoms with van der Waals surface area (Å²) in [6, 6.07) is 0. The molecular weight excluding hydrogens is 196 g/mol. The van der Waals surface area contributed by atoms with Crippen LogP contribution in [0.3, 0.4) is 0 Å². The Kier molecular flexibility index (Phi) is 4.42. The number of hydrogen-bond acceptors (Lipinski definition) is 5. The lowest BCUT2D eigenvalue weighted by Crippen LogP contribution is -2.05. The summed E-state index contributed by atoms with van der Waals surface area (Å²) >= 11 is 0. The normalized spacial score (nSPS) is 12.7. The van der Waals surface area contributed by atoms with Crippen molar-refractivity contribution < 1.29 is 14.1 Å². The molecule has 0 fully saturated rings. The van der Waals surface area contributed by atoms with E-state index in [0.717, 1.165) is 6.42 Å². The molecule has 0 radical (unpaired) electrons. The fraction of sp³-hybridized carbons (Fsp3) is 0.700. The molecule has 1 rings (SSSR count). The maximum atomic E-state index is 10.8. The van der Waals surface area contributed by atoms with Gasteiger partial charge in [0.15, 0.2) is 0 Å². The molecule has 15 heavy (non-hydrogen) atoms. The van der Waals surface area contributed by atoms with Gasteiger partial charge in [-0.2, -0.15) is 4.98 Å². The van der Waals surface area contributed by atoms with Gasteiger partial charge in [-0.3, -0.25) is 4.79 Å². The van der Waals surface area contributed by atoms with Gasteiger partial charge in [0, 0.05) is 6.61 Å². The average molecular weight is 212 g/mol.